The normalized spacial score (nSPS) is 20.4. The minimum atomic E-state index is -0.793. The van der Waals surface area contributed by atoms with Crippen LogP contribution in [-0.4, -0.2) is 16.9 Å². The molecule has 1 N–H and O–H groups in total. The molecule has 0 aliphatic heterocycles. The maximum atomic E-state index is 12.5. The molecule has 0 amide bonds. The predicted molar refractivity (Wildman–Crippen MR) is 89.7 cm³/mol. The summed E-state index contributed by atoms with van der Waals surface area (Å²) in [6.45, 7) is 0. The number of benzene rings is 2. The van der Waals surface area contributed by atoms with Gasteiger partial charge in [-0.05, 0) is 42.5 Å². The number of halogens is 1. The third-order valence-electron chi connectivity index (χ3n) is 4.50. The van der Waals surface area contributed by atoms with E-state index in [1.54, 1.807) is 0 Å². The molecule has 4 heteroatoms. The van der Waals surface area contributed by atoms with E-state index in [2.05, 4.69) is 0 Å². The van der Waals surface area contributed by atoms with E-state index in [9.17, 15) is 9.59 Å². The quantitative estimate of drug-likeness (QED) is 0.828. The van der Waals surface area contributed by atoms with E-state index in [-0.39, 0.29) is 17.6 Å². The van der Waals surface area contributed by atoms with E-state index < -0.39 is 5.97 Å². The Kier molecular flexibility index (Phi) is 4.49. The first-order chi connectivity index (χ1) is 11.0. The van der Waals surface area contributed by atoms with Gasteiger partial charge in [0, 0.05) is 16.5 Å². The lowest BCUT2D eigenvalue weighted by atomic mass is 9.94. The predicted octanol–water partition coefficient (Wildman–Crippen LogP) is 4.69. The summed E-state index contributed by atoms with van der Waals surface area (Å²) in [5.74, 6) is -1.29. The van der Waals surface area contributed by atoms with Crippen molar-refractivity contribution in [3.63, 3.8) is 0 Å². The van der Waals surface area contributed by atoms with Crippen LogP contribution >= 0.6 is 11.6 Å². The molecule has 2 aromatic carbocycles. The molecule has 0 bridgehead atoms. The third kappa shape index (κ3) is 3.45. The van der Waals surface area contributed by atoms with Crippen molar-refractivity contribution in [2.24, 2.45) is 11.8 Å². The highest BCUT2D eigenvalue weighted by Crippen LogP contribution is 2.33. The largest absolute Gasteiger partial charge is 0.481 e. The number of aliphatic carboxylic acids is 1. The van der Waals surface area contributed by atoms with Gasteiger partial charge < -0.3 is 5.11 Å². The molecule has 0 aromatic heterocycles. The molecule has 118 valence electrons. The van der Waals surface area contributed by atoms with Crippen LogP contribution in [0.4, 0.5) is 0 Å². The Bertz CT molecular complexity index is 719. The smallest absolute Gasteiger partial charge is 0.306 e. The summed E-state index contributed by atoms with van der Waals surface area (Å²) in [6.07, 6.45) is 1.70. The van der Waals surface area contributed by atoms with Crippen LogP contribution in [0.1, 0.15) is 29.6 Å². The maximum absolute atomic E-state index is 12.5. The average Bonchev–Trinajstić information content (AvgIpc) is 3.05. The number of carboxylic acids is 1. The summed E-state index contributed by atoms with van der Waals surface area (Å²) in [7, 11) is 0. The summed E-state index contributed by atoms with van der Waals surface area (Å²) >= 11 is 5.89. The van der Waals surface area contributed by atoms with Crippen LogP contribution in [0.15, 0.2) is 48.5 Å². The summed E-state index contributed by atoms with van der Waals surface area (Å²) in [6, 6.07) is 15.0. The highest BCUT2D eigenvalue weighted by molar-refractivity contribution is 6.30. The number of carboxylic acid groups (broad SMARTS) is 1. The average molecular weight is 329 g/mol. The molecule has 3 rings (SSSR count). The van der Waals surface area contributed by atoms with E-state index in [1.807, 2.05) is 48.5 Å². The zero-order valence-corrected chi connectivity index (χ0v) is 13.3. The third-order valence-corrected chi connectivity index (χ3v) is 4.75. The Balaban J connectivity index is 1.73. The summed E-state index contributed by atoms with van der Waals surface area (Å²) in [5, 5.41) is 9.73. The second-order valence-electron chi connectivity index (χ2n) is 5.99. The molecule has 23 heavy (non-hydrogen) atoms. The molecule has 3 nitrogen and oxygen atoms in total. The molecule has 1 saturated carbocycles. The van der Waals surface area contributed by atoms with Gasteiger partial charge in [-0.1, -0.05) is 48.0 Å². The molecule has 1 aliphatic carbocycles. The minimum absolute atomic E-state index is 0.0522. The van der Waals surface area contributed by atoms with Gasteiger partial charge in [0.1, 0.15) is 0 Å². The fourth-order valence-corrected chi connectivity index (χ4v) is 3.27. The zero-order chi connectivity index (χ0) is 16.4. The molecule has 0 spiro atoms. The lowest BCUT2D eigenvalue weighted by Gasteiger charge is -2.09. The van der Waals surface area contributed by atoms with Gasteiger partial charge in [0.05, 0.1) is 5.92 Å². The summed E-state index contributed by atoms with van der Waals surface area (Å²) in [4.78, 5) is 23.5. The first-order valence-electron chi connectivity index (χ1n) is 7.67. The Morgan fingerprint density at radius 3 is 1.91 bits per heavy atom. The standard InChI is InChI=1S/C19H17ClO3/c20-17-9-7-13(8-10-17)12-1-3-14(4-2-12)18(21)15-5-6-16(11-15)19(22)23/h1-4,7-10,15-16H,5-6,11H2,(H,22,23). The highest BCUT2D eigenvalue weighted by atomic mass is 35.5. The maximum Gasteiger partial charge on any atom is 0.306 e. The van der Waals surface area contributed by atoms with Crippen LogP contribution in [0, 0.1) is 11.8 Å². The summed E-state index contributed by atoms with van der Waals surface area (Å²) in [5.41, 5.74) is 2.71. The van der Waals surface area contributed by atoms with Crippen LogP contribution in [-0.2, 0) is 4.79 Å². The Hall–Kier alpha value is -2.13. The number of hydrogen-bond acceptors (Lipinski definition) is 2. The van der Waals surface area contributed by atoms with E-state index in [1.165, 1.54) is 0 Å². The van der Waals surface area contributed by atoms with E-state index in [0.29, 0.717) is 29.8 Å². The van der Waals surface area contributed by atoms with E-state index in [4.69, 9.17) is 16.7 Å². The topological polar surface area (TPSA) is 54.4 Å². The van der Waals surface area contributed by atoms with Gasteiger partial charge in [-0.2, -0.15) is 0 Å². The number of carbonyl (C=O) groups excluding carboxylic acids is 1. The van der Waals surface area contributed by atoms with Crippen molar-refractivity contribution < 1.29 is 14.7 Å². The van der Waals surface area contributed by atoms with Crippen LogP contribution in [0.3, 0.4) is 0 Å². The first-order valence-corrected chi connectivity index (χ1v) is 8.05. The number of hydrogen-bond donors (Lipinski definition) is 1. The van der Waals surface area contributed by atoms with Gasteiger partial charge in [0.25, 0.3) is 0 Å². The van der Waals surface area contributed by atoms with Crippen LogP contribution in [0.25, 0.3) is 11.1 Å². The van der Waals surface area contributed by atoms with Crippen LogP contribution in [0.5, 0.6) is 0 Å². The second-order valence-corrected chi connectivity index (χ2v) is 6.43. The SMILES string of the molecule is O=C(O)C1CCC(C(=O)c2ccc(-c3ccc(Cl)cc3)cc2)C1. The molecule has 1 aliphatic rings. The van der Waals surface area contributed by atoms with Crippen LogP contribution in [0.2, 0.25) is 5.02 Å². The highest BCUT2D eigenvalue weighted by Gasteiger charge is 2.34. The number of carbonyl (C=O) groups is 2. The van der Waals surface area contributed by atoms with Crippen molar-refractivity contribution in [2.75, 3.05) is 0 Å². The van der Waals surface area contributed by atoms with Crippen molar-refractivity contribution in [3.05, 3.63) is 59.1 Å². The number of Topliss-reactive ketones (excluding diaryl/α,β-unsaturated/α-hetero) is 1. The first kappa shape index (κ1) is 15.8. The van der Waals surface area contributed by atoms with Crippen molar-refractivity contribution in [1.29, 1.82) is 0 Å². The van der Waals surface area contributed by atoms with Crippen molar-refractivity contribution in [3.8, 4) is 11.1 Å². The molecular formula is C19H17ClO3. The number of rotatable bonds is 4. The zero-order valence-electron chi connectivity index (χ0n) is 12.5. The van der Waals surface area contributed by atoms with Gasteiger partial charge in [-0.15, -0.1) is 0 Å². The minimum Gasteiger partial charge on any atom is -0.481 e. The monoisotopic (exact) mass is 328 g/mol. The van der Waals surface area contributed by atoms with Gasteiger partial charge in [0.15, 0.2) is 5.78 Å². The lowest BCUT2D eigenvalue weighted by Crippen LogP contribution is -2.14. The number of ketones is 1. The van der Waals surface area contributed by atoms with E-state index >= 15 is 0 Å². The lowest BCUT2D eigenvalue weighted by molar-refractivity contribution is -0.141. The van der Waals surface area contributed by atoms with Gasteiger partial charge in [-0.25, -0.2) is 0 Å². The van der Waals surface area contributed by atoms with Crippen molar-refractivity contribution in [2.45, 2.75) is 19.3 Å². The molecule has 0 saturated heterocycles. The molecule has 1 fully saturated rings. The molecule has 2 aromatic rings. The van der Waals surface area contributed by atoms with Gasteiger partial charge in [-0.3, -0.25) is 9.59 Å². The van der Waals surface area contributed by atoms with Gasteiger partial charge in [0.2, 0.25) is 0 Å². The summed E-state index contributed by atoms with van der Waals surface area (Å²) < 4.78 is 0. The van der Waals surface area contributed by atoms with E-state index in [0.717, 1.165) is 11.1 Å². The Labute approximate surface area is 139 Å². The molecular weight excluding hydrogens is 312 g/mol. The molecule has 0 radical (unpaired) electrons. The fourth-order valence-electron chi connectivity index (χ4n) is 3.15. The Morgan fingerprint density at radius 2 is 1.39 bits per heavy atom. The molecule has 2 atom stereocenters. The fraction of sp³-hybridized carbons (Fsp3) is 0.263. The van der Waals surface area contributed by atoms with Crippen molar-refractivity contribution >= 4 is 23.4 Å². The molecule has 2 unspecified atom stereocenters. The van der Waals surface area contributed by atoms with Crippen molar-refractivity contribution in [1.82, 2.24) is 0 Å². The molecule has 0 heterocycles. The Morgan fingerprint density at radius 1 is 0.870 bits per heavy atom. The van der Waals surface area contributed by atoms with Gasteiger partial charge >= 0.3 is 5.97 Å². The second kappa shape index (κ2) is 6.55. The van der Waals surface area contributed by atoms with Crippen LogP contribution < -0.4 is 0 Å².